The van der Waals surface area contributed by atoms with Crippen molar-refractivity contribution in [3.63, 3.8) is 0 Å². The molecule has 108 valence electrons. The van der Waals surface area contributed by atoms with Gasteiger partial charge in [0, 0.05) is 44.1 Å². The van der Waals surface area contributed by atoms with Crippen LogP contribution < -0.4 is 10.2 Å². The Hall–Kier alpha value is -1.97. The highest BCUT2D eigenvalue weighted by atomic mass is 15.3. The van der Waals surface area contributed by atoms with Gasteiger partial charge in [-0.2, -0.15) is 5.10 Å². The van der Waals surface area contributed by atoms with Crippen molar-refractivity contribution in [1.29, 1.82) is 0 Å². The third-order valence-corrected chi connectivity index (χ3v) is 3.36. The minimum Gasteiger partial charge on any atom is -0.378 e. The van der Waals surface area contributed by atoms with Gasteiger partial charge in [0.05, 0.1) is 0 Å². The third kappa shape index (κ3) is 3.32. The Bertz CT molecular complexity index is 552. The van der Waals surface area contributed by atoms with Gasteiger partial charge in [0.2, 0.25) is 0 Å². The second-order valence-corrected chi connectivity index (χ2v) is 5.65. The molecule has 2 rings (SSSR count). The summed E-state index contributed by atoms with van der Waals surface area (Å²) in [5.41, 5.74) is 3.66. The van der Waals surface area contributed by atoms with Gasteiger partial charge in [-0.05, 0) is 38.5 Å². The Balaban J connectivity index is 2.01. The summed E-state index contributed by atoms with van der Waals surface area (Å²) in [6, 6.07) is 8.96. The predicted molar refractivity (Wildman–Crippen MR) is 85.4 cm³/mol. The number of aryl methyl sites for hydroxylation is 1. The molecule has 0 atom stereocenters. The predicted octanol–water partition coefficient (Wildman–Crippen LogP) is 3.45. The maximum Gasteiger partial charge on any atom is 0.151 e. The van der Waals surface area contributed by atoms with Crippen molar-refractivity contribution < 1.29 is 0 Å². The summed E-state index contributed by atoms with van der Waals surface area (Å²) in [6.45, 7) is 7.15. The molecule has 0 aliphatic carbocycles. The van der Waals surface area contributed by atoms with Crippen LogP contribution in [0.5, 0.6) is 0 Å². The van der Waals surface area contributed by atoms with Crippen LogP contribution in [0.4, 0.5) is 11.5 Å². The first-order chi connectivity index (χ1) is 9.47. The number of anilines is 2. The summed E-state index contributed by atoms with van der Waals surface area (Å²) in [4.78, 5) is 2.10. The van der Waals surface area contributed by atoms with Crippen LogP contribution in [0.15, 0.2) is 30.5 Å². The lowest BCUT2D eigenvalue weighted by atomic mass is 10.2. The fraction of sp³-hybridized carbons (Fsp3) is 0.438. The Morgan fingerprint density at radius 1 is 1.20 bits per heavy atom. The van der Waals surface area contributed by atoms with E-state index in [9.17, 15) is 0 Å². The quantitative estimate of drug-likeness (QED) is 0.905. The van der Waals surface area contributed by atoms with Crippen LogP contribution >= 0.6 is 0 Å². The molecule has 0 amide bonds. The molecule has 0 unspecified atom stereocenters. The van der Waals surface area contributed by atoms with Gasteiger partial charge in [-0.15, -0.1) is 0 Å². The van der Waals surface area contributed by atoms with E-state index in [2.05, 4.69) is 80.6 Å². The van der Waals surface area contributed by atoms with Crippen LogP contribution in [0, 0.1) is 6.92 Å². The first kappa shape index (κ1) is 14.4. The van der Waals surface area contributed by atoms with E-state index in [0.717, 1.165) is 12.4 Å². The van der Waals surface area contributed by atoms with E-state index in [-0.39, 0.29) is 0 Å². The van der Waals surface area contributed by atoms with E-state index in [1.165, 1.54) is 16.8 Å². The number of hydrogen-bond donors (Lipinski definition) is 1. The van der Waals surface area contributed by atoms with Crippen molar-refractivity contribution in [2.75, 3.05) is 24.3 Å². The number of nitrogens with zero attached hydrogens (tertiary/aromatic N) is 3. The van der Waals surface area contributed by atoms with Crippen LogP contribution in [0.25, 0.3) is 0 Å². The Morgan fingerprint density at radius 3 is 2.35 bits per heavy atom. The monoisotopic (exact) mass is 272 g/mol. The Labute approximate surface area is 121 Å². The van der Waals surface area contributed by atoms with Gasteiger partial charge in [-0.25, -0.2) is 0 Å². The number of benzene rings is 1. The van der Waals surface area contributed by atoms with Crippen molar-refractivity contribution in [2.24, 2.45) is 0 Å². The topological polar surface area (TPSA) is 33.1 Å². The highest BCUT2D eigenvalue weighted by molar-refractivity contribution is 5.47. The fourth-order valence-electron chi connectivity index (χ4n) is 2.02. The van der Waals surface area contributed by atoms with Crippen molar-refractivity contribution >= 4 is 11.5 Å². The zero-order chi connectivity index (χ0) is 14.7. The number of aromatic nitrogens is 2. The lowest BCUT2D eigenvalue weighted by Crippen LogP contribution is -2.08. The average Bonchev–Trinajstić information content (AvgIpc) is 2.78. The molecule has 1 heterocycles. The molecular weight excluding hydrogens is 248 g/mol. The number of rotatable bonds is 5. The van der Waals surface area contributed by atoms with Gasteiger partial charge < -0.3 is 10.2 Å². The lowest BCUT2D eigenvalue weighted by Gasteiger charge is -2.13. The summed E-state index contributed by atoms with van der Waals surface area (Å²) < 4.78 is 1.99. The molecule has 0 aliphatic heterocycles. The van der Waals surface area contributed by atoms with Crippen LogP contribution in [-0.4, -0.2) is 23.9 Å². The fourth-order valence-corrected chi connectivity index (χ4v) is 2.02. The molecular formula is C16H24N4. The summed E-state index contributed by atoms with van der Waals surface area (Å²) in [5, 5.41) is 7.98. The van der Waals surface area contributed by atoms with Crippen molar-refractivity contribution in [3.05, 3.63) is 41.6 Å². The average molecular weight is 272 g/mol. The van der Waals surface area contributed by atoms with Gasteiger partial charge in [0.1, 0.15) is 0 Å². The molecule has 1 N–H and O–H groups in total. The molecule has 4 heteroatoms. The zero-order valence-electron chi connectivity index (χ0n) is 13.0. The van der Waals surface area contributed by atoms with E-state index in [1.807, 2.05) is 4.68 Å². The normalized spacial score (nSPS) is 10.9. The Kier molecular flexibility index (Phi) is 4.32. The van der Waals surface area contributed by atoms with Gasteiger partial charge in [-0.3, -0.25) is 4.68 Å². The van der Waals surface area contributed by atoms with Crippen LogP contribution in [0.2, 0.25) is 0 Å². The standard InChI is InChI=1S/C16H24N4/c1-12(2)20-11-13(3)16(18-20)17-10-14-6-8-15(9-7-14)19(4)5/h6-9,11-12H,10H2,1-5H3,(H,17,18). The third-order valence-electron chi connectivity index (χ3n) is 3.36. The van der Waals surface area contributed by atoms with Crippen LogP contribution in [0.1, 0.15) is 31.0 Å². The molecule has 2 aromatic rings. The molecule has 1 aromatic carbocycles. The number of nitrogens with one attached hydrogen (secondary N) is 1. The smallest absolute Gasteiger partial charge is 0.151 e. The van der Waals surface area contributed by atoms with Gasteiger partial charge in [0.25, 0.3) is 0 Å². The van der Waals surface area contributed by atoms with Crippen molar-refractivity contribution in [2.45, 2.75) is 33.4 Å². The second-order valence-electron chi connectivity index (χ2n) is 5.65. The molecule has 20 heavy (non-hydrogen) atoms. The Morgan fingerprint density at radius 2 is 1.85 bits per heavy atom. The van der Waals surface area contributed by atoms with E-state index in [4.69, 9.17) is 0 Å². The first-order valence-corrected chi connectivity index (χ1v) is 7.03. The van der Waals surface area contributed by atoms with Crippen molar-refractivity contribution in [1.82, 2.24) is 9.78 Å². The molecule has 1 aromatic heterocycles. The minimum absolute atomic E-state index is 0.392. The molecule has 0 bridgehead atoms. The SMILES string of the molecule is Cc1cn(C(C)C)nc1NCc1ccc(N(C)C)cc1. The molecule has 0 saturated carbocycles. The summed E-state index contributed by atoms with van der Waals surface area (Å²) in [7, 11) is 4.10. The minimum atomic E-state index is 0.392. The molecule has 0 fully saturated rings. The van der Waals surface area contributed by atoms with E-state index >= 15 is 0 Å². The second kappa shape index (κ2) is 5.99. The van der Waals surface area contributed by atoms with E-state index in [1.54, 1.807) is 0 Å². The van der Waals surface area contributed by atoms with Crippen LogP contribution in [-0.2, 0) is 6.54 Å². The molecule has 0 saturated heterocycles. The molecule has 0 radical (unpaired) electrons. The highest BCUT2D eigenvalue weighted by Gasteiger charge is 2.06. The molecule has 0 spiro atoms. The number of hydrogen-bond acceptors (Lipinski definition) is 3. The zero-order valence-corrected chi connectivity index (χ0v) is 13.0. The van der Waals surface area contributed by atoms with E-state index in [0.29, 0.717) is 6.04 Å². The summed E-state index contributed by atoms with van der Waals surface area (Å²) in [6.07, 6.45) is 2.09. The summed E-state index contributed by atoms with van der Waals surface area (Å²) in [5.74, 6) is 0.968. The lowest BCUT2D eigenvalue weighted by molar-refractivity contribution is 0.533. The van der Waals surface area contributed by atoms with Crippen LogP contribution in [0.3, 0.4) is 0 Å². The largest absolute Gasteiger partial charge is 0.378 e. The molecule has 0 aliphatic rings. The van der Waals surface area contributed by atoms with Gasteiger partial charge in [-0.1, -0.05) is 12.1 Å². The van der Waals surface area contributed by atoms with E-state index < -0.39 is 0 Å². The van der Waals surface area contributed by atoms with Gasteiger partial charge >= 0.3 is 0 Å². The first-order valence-electron chi connectivity index (χ1n) is 7.03. The summed E-state index contributed by atoms with van der Waals surface area (Å²) >= 11 is 0. The van der Waals surface area contributed by atoms with Crippen molar-refractivity contribution in [3.8, 4) is 0 Å². The molecule has 4 nitrogen and oxygen atoms in total. The maximum absolute atomic E-state index is 4.57. The van der Waals surface area contributed by atoms with Gasteiger partial charge in [0.15, 0.2) is 5.82 Å². The highest BCUT2D eigenvalue weighted by Crippen LogP contribution is 2.17. The maximum atomic E-state index is 4.57.